The second-order valence-corrected chi connectivity index (χ2v) is 23.1. The molecule has 4 amide bonds. The summed E-state index contributed by atoms with van der Waals surface area (Å²) in [5.41, 5.74) is 2.28. The van der Waals surface area contributed by atoms with Gasteiger partial charge in [0.1, 0.15) is 35.1 Å². The quantitative estimate of drug-likeness (QED) is 0.0794. The van der Waals surface area contributed by atoms with Gasteiger partial charge in [0.2, 0.25) is 43.7 Å². The Labute approximate surface area is 417 Å². The van der Waals surface area contributed by atoms with E-state index in [9.17, 15) is 44.8 Å². The molecule has 390 valence electrons. The first-order valence-corrected chi connectivity index (χ1v) is 27.8. The number of aromatic nitrogens is 6. The smallest absolute Gasteiger partial charge is 0.245 e. The highest BCUT2D eigenvalue weighted by molar-refractivity contribution is 7.88. The van der Waals surface area contributed by atoms with Crippen molar-refractivity contribution in [1.82, 2.24) is 69.7 Å². The Balaban J connectivity index is 0.971. The van der Waals surface area contributed by atoms with Gasteiger partial charge in [-0.3, -0.25) is 28.5 Å². The summed E-state index contributed by atoms with van der Waals surface area (Å²) >= 11 is 0. The molecule has 0 radical (unpaired) electrons. The SMILES string of the molecule is CNCC(=O)NC(CCCCC(NC(=O)CNC)C(=O)N1CCC2C1C(Cn1cc(-c3ccc(F)cc3)nn1)CN2S(C)(=O)=O)C(=O)N1CCC2C1C(Cn1cc(-c3ccc(F)cc3)nn1)CN2S(C)(=O)=O. The molecule has 8 rings (SSSR count). The Morgan fingerprint density at radius 1 is 0.625 bits per heavy atom. The van der Waals surface area contributed by atoms with Gasteiger partial charge in [0, 0.05) is 74.3 Å². The largest absolute Gasteiger partial charge is 0.343 e. The number of likely N-dealkylation sites (tertiary alicyclic amines) is 2. The van der Waals surface area contributed by atoms with Crippen molar-refractivity contribution in [3.05, 3.63) is 72.6 Å². The van der Waals surface area contributed by atoms with E-state index < -0.39 is 91.6 Å². The monoisotopic (exact) mass is 1040 g/mol. The number of nitrogens with one attached hydrogen (secondary N) is 4. The van der Waals surface area contributed by atoms with Crippen LogP contribution in [0.1, 0.15) is 38.5 Å². The van der Waals surface area contributed by atoms with E-state index in [-0.39, 0.29) is 77.0 Å². The van der Waals surface area contributed by atoms with Crippen LogP contribution < -0.4 is 21.3 Å². The van der Waals surface area contributed by atoms with Crippen molar-refractivity contribution in [1.29, 1.82) is 0 Å². The molecule has 26 heteroatoms. The summed E-state index contributed by atoms with van der Waals surface area (Å²) in [6, 6.07) is 7.44. The highest BCUT2D eigenvalue weighted by atomic mass is 32.2. The lowest BCUT2D eigenvalue weighted by Gasteiger charge is -2.32. The first kappa shape index (κ1) is 52.5. The van der Waals surface area contributed by atoms with Crippen LogP contribution in [0.25, 0.3) is 22.5 Å². The van der Waals surface area contributed by atoms with Crippen molar-refractivity contribution in [2.45, 2.75) is 87.9 Å². The van der Waals surface area contributed by atoms with Crippen molar-refractivity contribution in [3.63, 3.8) is 0 Å². The molecule has 2 aromatic heterocycles. The van der Waals surface area contributed by atoms with Crippen LogP contribution in [0.2, 0.25) is 0 Å². The summed E-state index contributed by atoms with van der Waals surface area (Å²) in [5, 5.41) is 28.4. The van der Waals surface area contributed by atoms with E-state index in [4.69, 9.17) is 0 Å². The molecule has 4 saturated heterocycles. The zero-order chi connectivity index (χ0) is 51.5. The van der Waals surface area contributed by atoms with Gasteiger partial charge in [0.15, 0.2) is 0 Å². The van der Waals surface area contributed by atoms with Gasteiger partial charge >= 0.3 is 0 Å². The summed E-state index contributed by atoms with van der Waals surface area (Å²) in [7, 11) is -4.17. The number of halogens is 2. The van der Waals surface area contributed by atoms with Crippen LogP contribution >= 0.6 is 0 Å². The standard InChI is InChI=1S/C46H62F2N14O8S2/c1-49-21-41(63)51-35(45(65)59-19-17-39-43(59)31(25-61(39)71(3,67)68)23-57-27-37(53-55-57)29-9-13-33(47)14-10-29)7-5-6-8-36(52-42(64)22-50-2)46(66)60-20-18-40-44(60)32(26-62(40)72(4,69)70)24-58-28-38(54-56-58)30-11-15-34(48)16-12-30/h9-16,27-28,31-32,35-36,39-40,43-44,49-50H,5-8,17-26H2,1-4H3,(H,51,63)(H,52,64). The van der Waals surface area contributed by atoms with Crippen LogP contribution in [0.4, 0.5) is 8.78 Å². The molecule has 72 heavy (non-hydrogen) atoms. The van der Waals surface area contributed by atoms with Crippen molar-refractivity contribution in [2.75, 3.05) is 65.9 Å². The third-order valence-electron chi connectivity index (χ3n) is 14.2. The molecule has 0 bridgehead atoms. The molecule has 4 fully saturated rings. The topological polar surface area (TPSA) is 259 Å². The fraction of sp³-hybridized carbons (Fsp3) is 0.565. The van der Waals surface area contributed by atoms with Gasteiger partial charge in [-0.2, -0.15) is 8.61 Å². The highest BCUT2D eigenvalue weighted by Crippen LogP contribution is 2.40. The number of hydrogen-bond donors (Lipinski definition) is 4. The lowest BCUT2D eigenvalue weighted by molar-refractivity contribution is -0.138. The number of carbonyl (C=O) groups is 4. The van der Waals surface area contributed by atoms with Gasteiger partial charge in [-0.05, 0) is 88.3 Å². The number of likely N-dealkylation sites (N-methyl/N-ethyl adjacent to an activating group) is 2. The van der Waals surface area contributed by atoms with Gasteiger partial charge in [0.25, 0.3) is 0 Å². The molecule has 4 N–H and O–H groups in total. The summed E-state index contributed by atoms with van der Waals surface area (Å²) in [5.74, 6) is -3.20. The van der Waals surface area contributed by atoms with Gasteiger partial charge < -0.3 is 31.1 Å². The lowest BCUT2D eigenvalue weighted by Crippen LogP contribution is -2.54. The van der Waals surface area contributed by atoms with Crippen molar-refractivity contribution in [2.24, 2.45) is 11.8 Å². The molecule has 22 nitrogen and oxygen atoms in total. The van der Waals surface area contributed by atoms with Gasteiger partial charge in [-0.1, -0.05) is 23.3 Å². The van der Waals surface area contributed by atoms with E-state index in [1.807, 2.05) is 0 Å². The van der Waals surface area contributed by atoms with Crippen LogP contribution in [-0.2, 0) is 52.3 Å². The zero-order valence-electron chi connectivity index (χ0n) is 40.6. The molecule has 8 unspecified atom stereocenters. The van der Waals surface area contributed by atoms with E-state index in [1.54, 1.807) is 69.9 Å². The molecule has 2 aromatic carbocycles. The molecular formula is C46H62F2N14O8S2. The number of rotatable bonds is 21. The Morgan fingerprint density at radius 2 is 1.00 bits per heavy atom. The third kappa shape index (κ3) is 11.8. The molecule has 0 spiro atoms. The molecule has 6 heterocycles. The fourth-order valence-electron chi connectivity index (χ4n) is 11.1. The maximum atomic E-state index is 14.7. The summed E-state index contributed by atoms with van der Waals surface area (Å²) in [6.45, 7) is 1.03. The number of fused-ring (bicyclic) bond motifs is 2. The number of hydrogen-bond acceptors (Lipinski definition) is 14. The summed E-state index contributed by atoms with van der Waals surface area (Å²) in [4.78, 5) is 59.1. The van der Waals surface area contributed by atoms with Crippen LogP contribution in [0.3, 0.4) is 0 Å². The minimum Gasteiger partial charge on any atom is -0.343 e. The molecule has 4 aromatic rings. The summed E-state index contributed by atoms with van der Waals surface area (Å²) < 4.78 is 85.8. The van der Waals surface area contributed by atoms with E-state index in [0.29, 0.717) is 48.2 Å². The van der Waals surface area contributed by atoms with E-state index >= 15 is 0 Å². The van der Waals surface area contributed by atoms with Crippen LogP contribution in [0.5, 0.6) is 0 Å². The van der Waals surface area contributed by atoms with Gasteiger partial charge in [-0.15, -0.1) is 10.2 Å². The summed E-state index contributed by atoms with van der Waals surface area (Å²) in [6.07, 6.45) is 7.43. The second-order valence-electron chi connectivity index (χ2n) is 19.2. The van der Waals surface area contributed by atoms with Crippen molar-refractivity contribution in [3.8, 4) is 22.5 Å². The molecule has 4 aliphatic rings. The number of carbonyl (C=O) groups excluding carboxylic acids is 4. The number of sulfonamides is 2. The minimum absolute atomic E-state index is 0.0703. The first-order valence-electron chi connectivity index (χ1n) is 24.1. The van der Waals surface area contributed by atoms with E-state index in [0.717, 1.165) is 12.5 Å². The van der Waals surface area contributed by atoms with E-state index in [1.165, 1.54) is 32.9 Å². The number of unbranched alkanes of at least 4 members (excludes halogenated alkanes) is 1. The number of nitrogens with zero attached hydrogens (tertiary/aromatic N) is 10. The van der Waals surface area contributed by atoms with Crippen molar-refractivity contribution < 1.29 is 44.8 Å². The second kappa shape index (κ2) is 22.1. The Hall–Kier alpha value is -5.80. The van der Waals surface area contributed by atoms with Crippen molar-refractivity contribution >= 4 is 43.7 Å². The fourth-order valence-corrected chi connectivity index (χ4v) is 13.5. The van der Waals surface area contributed by atoms with Crippen LogP contribution in [-0.4, -0.2) is 191 Å². The Kier molecular flexibility index (Phi) is 16.1. The number of benzene rings is 2. The molecule has 8 atom stereocenters. The number of amides is 4. The van der Waals surface area contributed by atoms with Gasteiger partial charge in [0.05, 0.1) is 50.1 Å². The average molecular weight is 1040 g/mol. The normalized spacial score (nSPS) is 23.2. The van der Waals surface area contributed by atoms with E-state index in [2.05, 4.69) is 41.9 Å². The zero-order valence-corrected chi connectivity index (χ0v) is 42.2. The third-order valence-corrected chi connectivity index (χ3v) is 16.7. The average Bonchev–Trinajstić information content (AvgIpc) is 4.20. The van der Waals surface area contributed by atoms with Gasteiger partial charge in [-0.25, -0.2) is 25.6 Å². The molecule has 4 aliphatic heterocycles. The lowest BCUT2D eigenvalue weighted by atomic mass is 9.97. The Morgan fingerprint density at radius 3 is 1.35 bits per heavy atom. The van der Waals surface area contributed by atoms with Crippen LogP contribution in [0, 0.1) is 23.5 Å². The minimum atomic E-state index is -3.69. The molecule has 0 aliphatic carbocycles. The molecule has 0 saturated carbocycles. The van der Waals surface area contributed by atoms with Crippen LogP contribution in [0.15, 0.2) is 60.9 Å². The predicted octanol–water partition coefficient (Wildman–Crippen LogP) is -0.127. The Bertz CT molecular complexity index is 2630. The predicted molar refractivity (Wildman–Crippen MR) is 259 cm³/mol. The highest BCUT2D eigenvalue weighted by Gasteiger charge is 2.55. The first-order chi connectivity index (χ1) is 34.3. The molecular weight excluding hydrogens is 979 g/mol. The maximum absolute atomic E-state index is 14.7. The maximum Gasteiger partial charge on any atom is 0.245 e.